The summed E-state index contributed by atoms with van der Waals surface area (Å²) in [5.41, 5.74) is 5.22. The van der Waals surface area contributed by atoms with Gasteiger partial charge in [0.2, 0.25) is 0 Å². The Morgan fingerprint density at radius 2 is 0.576 bits per heavy atom. The van der Waals surface area contributed by atoms with Crippen LogP contribution in [0.25, 0.3) is 33.1 Å². The average Bonchev–Trinajstić information content (AvgIpc) is 1.44. The molecule has 0 aliphatic heterocycles. The quantitative estimate of drug-likeness (QED) is 0.0885. The van der Waals surface area contributed by atoms with Crippen LogP contribution < -0.4 is 0 Å². The molecule has 16 aliphatic rings. The maximum Gasteiger partial charge on any atom is 0.162 e. The van der Waals surface area contributed by atoms with Gasteiger partial charge in [-0.2, -0.15) is 30.0 Å². The minimum Gasteiger partial charge on any atom is -0.390 e. The molecule has 0 amide bonds. The van der Waals surface area contributed by atoms with E-state index < -0.39 is 22.4 Å². The van der Waals surface area contributed by atoms with E-state index in [4.69, 9.17) is 0 Å². The molecule has 7 aromatic rings. The molecule has 0 radical (unpaired) electrons. The Morgan fingerprint density at radius 3 is 0.871 bits per heavy atom. The van der Waals surface area contributed by atoms with Crippen LogP contribution in [0.1, 0.15) is 366 Å². The van der Waals surface area contributed by atoms with Crippen LogP contribution in [0.15, 0.2) is 85.2 Å². The van der Waals surface area contributed by atoms with Gasteiger partial charge in [-0.3, -0.25) is 19.2 Å². The van der Waals surface area contributed by atoms with Crippen LogP contribution in [0.2, 0.25) is 0 Å². The van der Waals surface area contributed by atoms with Gasteiger partial charge in [0.15, 0.2) is 23.1 Å². The third-order valence-electron chi connectivity index (χ3n) is 44.7. The zero-order valence-corrected chi connectivity index (χ0v) is 83.2. The van der Waals surface area contributed by atoms with Crippen LogP contribution in [0.3, 0.4) is 0 Å². The summed E-state index contributed by atoms with van der Waals surface area (Å²) in [4.78, 5) is 58.5. The molecule has 16 saturated carbocycles. The lowest BCUT2D eigenvalue weighted by Crippen LogP contribution is -2.55. The number of aromatic nitrogens is 12. The largest absolute Gasteiger partial charge is 0.390 e. The summed E-state index contributed by atoms with van der Waals surface area (Å²) in [6, 6.07) is 22.5. The van der Waals surface area contributed by atoms with E-state index in [9.17, 15) is 39.6 Å². The monoisotopic (exact) mass is 1800 g/mol. The molecule has 4 heterocycles. The molecule has 0 unspecified atom stereocenters. The van der Waals surface area contributed by atoms with Crippen molar-refractivity contribution >= 4 is 56.2 Å². The standard InChI is InChI=1S/3C29H41N3O2.C25H39N3O2/c1-18(32-25-8-6-5-7-24(25)30-31-32)26(33)23-12-11-21-20-10-9-19-17-27(2,34)15-16-28(19,3)22(20)13-14-29(21,23)4;2*1-18(32-30-24-7-5-6-8-25(24)31-32)26(33)23-12-11-21-20-10-9-19-17-27(2,34)15-16-28(19,3)22(20)13-14-29(21,23)4;1-16(28-14-13-26-27-28)22(29)21-8-7-19-18-6-5-17-15-23(2,30)11-12-24(17,3)20(18)9-10-25(19,21)4/h3*5-8,18-23,34H,9-17H2,1-4H3;13-14,16-21,30H,5-12,15H2,1-4H3/t18-,19-,20+,21+,22+,23-,27-,28+,29+;18-,19+,20-,21-,22-,23+,27+,28-,29-;18-,19-,20+,21+,22+,23-,27-,28+,29+;16-,17+,18-,19-,20-,21+,23+,24-,25-/m1010/s1. The highest BCUT2D eigenvalue weighted by molar-refractivity contribution is 5.89. The highest BCUT2D eigenvalue weighted by Crippen LogP contribution is 2.74. The maximum absolute atomic E-state index is 14.0. The van der Waals surface area contributed by atoms with Crippen LogP contribution in [0.4, 0.5) is 0 Å². The van der Waals surface area contributed by atoms with Crippen molar-refractivity contribution in [3.8, 4) is 0 Å². The minimum absolute atomic E-state index is 0.0996. The second kappa shape index (κ2) is 33.7. The van der Waals surface area contributed by atoms with E-state index in [1.54, 1.807) is 20.5 Å². The van der Waals surface area contributed by atoms with Crippen LogP contribution in [0, 0.1) is 162 Å². The van der Waals surface area contributed by atoms with E-state index in [-0.39, 0.29) is 69.5 Å². The van der Waals surface area contributed by atoms with E-state index in [0.717, 1.165) is 190 Å². The minimum atomic E-state index is -0.480. The number of rotatable bonds is 12. The van der Waals surface area contributed by atoms with E-state index >= 15 is 0 Å². The van der Waals surface area contributed by atoms with Gasteiger partial charge in [0.1, 0.15) is 51.8 Å². The summed E-state index contributed by atoms with van der Waals surface area (Å²) in [6.45, 7) is 36.1. The Kier molecular flexibility index (Phi) is 23.8. The molecule has 3 aromatic carbocycles. The second-order valence-corrected chi connectivity index (χ2v) is 51.4. The van der Waals surface area contributed by atoms with Crippen molar-refractivity contribution in [2.24, 2.45) is 162 Å². The number of para-hydroxylation sites is 1. The highest BCUT2D eigenvalue weighted by Gasteiger charge is 2.68. The molecule has 4 aromatic heterocycles. The van der Waals surface area contributed by atoms with Crippen LogP contribution in [-0.2, 0) is 19.2 Å². The molecule has 0 bridgehead atoms. The normalized spacial score (nSPS) is 45.8. The molecular weight excluding hydrogens is 1640 g/mol. The molecule has 0 saturated heterocycles. The number of hydrogen-bond donors (Lipinski definition) is 4. The molecule has 16 fully saturated rings. The first kappa shape index (κ1) is 93.2. The van der Waals surface area contributed by atoms with Gasteiger partial charge in [0.25, 0.3) is 0 Å². The van der Waals surface area contributed by atoms with Gasteiger partial charge < -0.3 is 20.4 Å². The fourth-order valence-corrected chi connectivity index (χ4v) is 36.9. The second-order valence-electron chi connectivity index (χ2n) is 51.4. The first-order valence-electron chi connectivity index (χ1n) is 53.4. The fraction of sp³-hybridized carbons (Fsp3) is 0.786. The molecular formula is C112H162N12O8. The van der Waals surface area contributed by atoms with E-state index in [1.165, 1.54) is 122 Å². The number of ketones is 4. The molecule has 36 atom stereocenters. The van der Waals surface area contributed by atoms with Gasteiger partial charge >= 0.3 is 0 Å². The van der Waals surface area contributed by atoms with Gasteiger partial charge in [0, 0.05) is 29.9 Å². The molecule has 132 heavy (non-hydrogen) atoms. The highest BCUT2D eigenvalue weighted by atomic mass is 16.3. The summed E-state index contributed by atoms with van der Waals surface area (Å²) >= 11 is 0. The molecule has 4 N–H and O–H groups in total. The zero-order valence-electron chi connectivity index (χ0n) is 83.2. The van der Waals surface area contributed by atoms with Crippen molar-refractivity contribution in [2.45, 2.75) is 389 Å². The fourth-order valence-electron chi connectivity index (χ4n) is 36.9. The smallest absolute Gasteiger partial charge is 0.162 e. The van der Waals surface area contributed by atoms with Crippen molar-refractivity contribution in [1.29, 1.82) is 0 Å². The SMILES string of the molecule is C[C@@H](C(=O)[C@H]1CC[C@H]2[C@@H]3CC[C@@H]4C[C@](C)(O)CC[C@]4(C)[C@H]3CC[C@]12C)n1ccnn1.C[C@@H](C(=O)[C@H]1CC[C@H]2[C@@H]3CC[C@@H]4C[C@](C)(O)CC[C@]4(C)[C@H]3CC[C@]12C)n1nc2ccccc2n1.C[C@H](C(=O)[C@H]1CC[C@H]2[C@@H]3CC[C@@H]4C[C@](C)(O)CC[C@]4(C)[C@H]3CC[C@]12C)n1nc2ccccc2n1.C[C@H](C(=O)[C@H]1CC[C@H]2[C@@H]3CC[C@@H]4C[C@](C)(O)CC[C@]4(C)[C@H]3CC[C@]12C)n1nnc2ccccc21. The lowest BCUT2D eigenvalue weighted by atomic mass is 9.44. The summed E-state index contributed by atoms with van der Waals surface area (Å²) < 4.78 is 3.57. The number of carbonyl (C=O) groups is 4. The summed E-state index contributed by atoms with van der Waals surface area (Å²) in [5, 5.41) is 78.1. The molecule has 16 aliphatic carbocycles. The molecule has 718 valence electrons. The van der Waals surface area contributed by atoms with Gasteiger partial charge in [-0.25, -0.2) is 9.36 Å². The Labute approximate surface area is 786 Å². The summed E-state index contributed by atoms with van der Waals surface area (Å²) in [6.07, 6.45) is 44.5. The Bertz CT molecular complexity index is 5180. The number of aliphatic hydroxyl groups is 4. The predicted molar refractivity (Wildman–Crippen MR) is 515 cm³/mol. The third kappa shape index (κ3) is 15.4. The van der Waals surface area contributed by atoms with Crippen molar-refractivity contribution in [3.63, 3.8) is 0 Å². The zero-order chi connectivity index (χ0) is 93.0. The Balaban J connectivity index is 0.000000110. The van der Waals surface area contributed by atoms with E-state index in [1.807, 2.05) is 139 Å². The van der Waals surface area contributed by atoms with Gasteiger partial charge in [-0.15, -0.1) is 10.2 Å². The average molecular weight is 1800 g/mol. The molecule has 23 rings (SSSR count). The number of carbonyl (C=O) groups excluding carboxylic acids is 4. The molecule has 20 nitrogen and oxygen atoms in total. The van der Waals surface area contributed by atoms with Gasteiger partial charge in [-0.1, -0.05) is 102 Å². The summed E-state index contributed by atoms with van der Waals surface area (Å²) in [7, 11) is 0. The molecule has 0 spiro atoms. The number of hydrogen-bond acceptors (Lipinski definition) is 16. The van der Waals surface area contributed by atoms with Gasteiger partial charge in [0.05, 0.1) is 34.1 Å². The first-order valence-corrected chi connectivity index (χ1v) is 53.4. The lowest BCUT2D eigenvalue weighted by molar-refractivity contribution is -0.152. The maximum atomic E-state index is 14.0. The van der Waals surface area contributed by atoms with Crippen LogP contribution in [0.5, 0.6) is 0 Å². The first-order chi connectivity index (χ1) is 62.5. The van der Waals surface area contributed by atoms with Crippen molar-refractivity contribution in [1.82, 2.24) is 60.0 Å². The number of benzene rings is 3. The van der Waals surface area contributed by atoms with Crippen molar-refractivity contribution in [3.05, 3.63) is 85.2 Å². The number of nitrogens with zero attached hydrogens (tertiary/aromatic N) is 12. The van der Waals surface area contributed by atoms with Crippen molar-refractivity contribution < 1.29 is 39.6 Å². The Morgan fingerprint density at radius 1 is 0.303 bits per heavy atom. The van der Waals surface area contributed by atoms with Gasteiger partial charge in [-0.05, 0) is 461 Å². The van der Waals surface area contributed by atoms with Crippen LogP contribution >= 0.6 is 0 Å². The lowest BCUT2D eigenvalue weighted by Gasteiger charge is -2.61. The topological polar surface area (TPSA) is 272 Å². The molecule has 20 heteroatoms. The van der Waals surface area contributed by atoms with Crippen LogP contribution in [-0.4, -0.2) is 126 Å². The van der Waals surface area contributed by atoms with Crippen molar-refractivity contribution in [2.75, 3.05) is 0 Å². The Hall–Kier alpha value is -6.48. The number of fused-ring (bicyclic) bond motifs is 23. The summed E-state index contributed by atoms with van der Waals surface area (Å²) in [5.74, 6) is 13.1. The number of Topliss-reactive ketones (excluding diaryl/α,β-unsaturated/α-hetero) is 4. The predicted octanol–water partition coefficient (Wildman–Crippen LogP) is 22.7. The van der Waals surface area contributed by atoms with E-state index in [0.29, 0.717) is 92.1 Å². The van der Waals surface area contributed by atoms with E-state index in [2.05, 4.69) is 96.4 Å². The third-order valence-corrected chi connectivity index (χ3v) is 44.7.